The number of likely N-dealkylation sites (tertiary alicyclic amines) is 1. The van der Waals surface area contributed by atoms with Crippen LogP contribution in [0.15, 0.2) is 5.38 Å². The molecule has 1 saturated heterocycles. The van der Waals surface area contributed by atoms with Crippen molar-refractivity contribution in [1.82, 2.24) is 15.2 Å². The summed E-state index contributed by atoms with van der Waals surface area (Å²) in [5.74, 6) is 0.726. The van der Waals surface area contributed by atoms with Crippen LogP contribution in [0.3, 0.4) is 0 Å². The van der Waals surface area contributed by atoms with Crippen LogP contribution in [0.25, 0.3) is 0 Å². The van der Waals surface area contributed by atoms with Crippen molar-refractivity contribution in [2.75, 3.05) is 19.6 Å². The Labute approximate surface area is 121 Å². The van der Waals surface area contributed by atoms with E-state index >= 15 is 0 Å². The predicted molar refractivity (Wildman–Crippen MR) is 82.7 cm³/mol. The molecule has 1 aliphatic rings. The van der Waals surface area contributed by atoms with E-state index in [1.807, 2.05) is 0 Å². The first-order chi connectivity index (χ1) is 9.11. The second-order valence-electron chi connectivity index (χ2n) is 5.82. The summed E-state index contributed by atoms with van der Waals surface area (Å²) in [5.41, 5.74) is 1.15. The molecular weight excluding hydrogens is 254 g/mol. The predicted octanol–water partition coefficient (Wildman–Crippen LogP) is 3.22. The van der Waals surface area contributed by atoms with Gasteiger partial charge in [0.25, 0.3) is 0 Å². The SMILES string of the molecule is CCCNC1CCN(C(C)c2nc(C)cs2)CC1C. The smallest absolute Gasteiger partial charge is 0.110 e. The van der Waals surface area contributed by atoms with Crippen molar-refractivity contribution in [3.63, 3.8) is 0 Å². The Morgan fingerprint density at radius 3 is 2.95 bits per heavy atom. The molecule has 1 aromatic heterocycles. The summed E-state index contributed by atoms with van der Waals surface area (Å²) in [6.45, 7) is 12.5. The maximum atomic E-state index is 4.64. The van der Waals surface area contributed by atoms with Crippen molar-refractivity contribution in [2.24, 2.45) is 5.92 Å². The monoisotopic (exact) mass is 281 g/mol. The van der Waals surface area contributed by atoms with Crippen LogP contribution in [0, 0.1) is 12.8 Å². The molecule has 0 aromatic carbocycles. The highest BCUT2D eigenvalue weighted by atomic mass is 32.1. The Morgan fingerprint density at radius 1 is 1.58 bits per heavy atom. The first-order valence-corrected chi connectivity index (χ1v) is 8.39. The maximum absolute atomic E-state index is 4.64. The molecule has 1 fully saturated rings. The average molecular weight is 281 g/mol. The minimum absolute atomic E-state index is 0.466. The molecule has 0 bridgehead atoms. The Hall–Kier alpha value is -0.450. The molecule has 3 atom stereocenters. The lowest BCUT2D eigenvalue weighted by atomic mass is 9.93. The van der Waals surface area contributed by atoms with E-state index in [2.05, 4.69) is 48.3 Å². The quantitative estimate of drug-likeness (QED) is 0.898. The van der Waals surface area contributed by atoms with Crippen LogP contribution in [0.4, 0.5) is 0 Å². The minimum Gasteiger partial charge on any atom is -0.314 e. The summed E-state index contributed by atoms with van der Waals surface area (Å²) in [6.07, 6.45) is 2.48. The molecular formula is C15H27N3S. The first-order valence-electron chi connectivity index (χ1n) is 7.51. The molecule has 108 valence electrons. The van der Waals surface area contributed by atoms with Gasteiger partial charge in [-0.3, -0.25) is 4.90 Å². The lowest BCUT2D eigenvalue weighted by Crippen LogP contribution is -2.49. The number of nitrogens with one attached hydrogen (secondary N) is 1. The highest BCUT2D eigenvalue weighted by molar-refractivity contribution is 7.09. The molecule has 19 heavy (non-hydrogen) atoms. The fourth-order valence-corrected chi connectivity index (χ4v) is 3.77. The maximum Gasteiger partial charge on any atom is 0.110 e. The topological polar surface area (TPSA) is 28.2 Å². The van der Waals surface area contributed by atoms with Crippen molar-refractivity contribution in [2.45, 2.75) is 52.6 Å². The third kappa shape index (κ3) is 3.77. The number of hydrogen-bond donors (Lipinski definition) is 1. The molecule has 0 spiro atoms. The zero-order valence-corrected chi connectivity index (χ0v) is 13.5. The highest BCUT2D eigenvalue weighted by Crippen LogP contribution is 2.28. The van der Waals surface area contributed by atoms with Gasteiger partial charge in [0.05, 0.1) is 6.04 Å². The van der Waals surface area contributed by atoms with Gasteiger partial charge in [-0.05, 0) is 39.2 Å². The van der Waals surface area contributed by atoms with Gasteiger partial charge in [0.15, 0.2) is 0 Å². The standard InChI is InChI=1S/C15H27N3S/c1-5-7-16-14-6-8-18(9-11(14)2)13(4)15-17-12(3)10-19-15/h10-11,13-14,16H,5-9H2,1-4H3. The number of hydrogen-bond acceptors (Lipinski definition) is 4. The largest absolute Gasteiger partial charge is 0.314 e. The van der Waals surface area contributed by atoms with Crippen molar-refractivity contribution < 1.29 is 0 Å². The molecule has 1 aromatic rings. The summed E-state index contributed by atoms with van der Waals surface area (Å²) >= 11 is 1.80. The van der Waals surface area contributed by atoms with Crippen molar-refractivity contribution >= 4 is 11.3 Å². The summed E-state index contributed by atoms with van der Waals surface area (Å²) in [7, 11) is 0. The first kappa shape index (κ1) is 14.9. The highest BCUT2D eigenvalue weighted by Gasteiger charge is 2.29. The molecule has 0 saturated carbocycles. The summed E-state index contributed by atoms with van der Waals surface area (Å²) in [6, 6.07) is 1.16. The van der Waals surface area contributed by atoms with Crippen LogP contribution >= 0.6 is 11.3 Å². The van der Waals surface area contributed by atoms with E-state index in [0.29, 0.717) is 12.1 Å². The zero-order chi connectivity index (χ0) is 13.8. The summed E-state index contributed by atoms with van der Waals surface area (Å²) < 4.78 is 0. The molecule has 0 aliphatic carbocycles. The van der Waals surface area contributed by atoms with Crippen LogP contribution < -0.4 is 5.32 Å². The van der Waals surface area contributed by atoms with E-state index in [1.165, 1.54) is 30.9 Å². The Bertz CT molecular complexity index is 390. The van der Waals surface area contributed by atoms with Gasteiger partial charge in [-0.1, -0.05) is 13.8 Å². The van der Waals surface area contributed by atoms with Crippen LogP contribution in [0.2, 0.25) is 0 Å². The van der Waals surface area contributed by atoms with Crippen molar-refractivity contribution in [1.29, 1.82) is 0 Å². The second-order valence-corrected chi connectivity index (χ2v) is 6.71. The average Bonchev–Trinajstić information content (AvgIpc) is 2.83. The summed E-state index contributed by atoms with van der Waals surface area (Å²) in [5, 5.41) is 7.11. The van der Waals surface area contributed by atoms with Crippen LogP contribution in [-0.4, -0.2) is 35.6 Å². The number of nitrogens with zero attached hydrogens (tertiary/aromatic N) is 2. The van der Waals surface area contributed by atoms with Gasteiger partial charge in [-0.25, -0.2) is 4.98 Å². The number of piperidine rings is 1. The van der Waals surface area contributed by atoms with Crippen molar-refractivity contribution in [3.8, 4) is 0 Å². The fraction of sp³-hybridized carbons (Fsp3) is 0.800. The third-order valence-corrected chi connectivity index (χ3v) is 5.27. The number of aromatic nitrogens is 1. The lowest BCUT2D eigenvalue weighted by molar-refractivity contribution is 0.111. The van der Waals surface area contributed by atoms with Gasteiger partial charge in [-0.2, -0.15) is 0 Å². The van der Waals surface area contributed by atoms with Gasteiger partial charge < -0.3 is 5.32 Å². The van der Waals surface area contributed by atoms with E-state index in [0.717, 1.165) is 18.2 Å². The van der Waals surface area contributed by atoms with Gasteiger partial charge in [0.2, 0.25) is 0 Å². The number of rotatable bonds is 5. The van der Waals surface area contributed by atoms with Crippen LogP contribution in [0.5, 0.6) is 0 Å². The molecule has 0 radical (unpaired) electrons. The normalized spacial score (nSPS) is 26.5. The van der Waals surface area contributed by atoms with E-state index in [-0.39, 0.29) is 0 Å². The fourth-order valence-electron chi connectivity index (χ4n) is 2.88. The van der Waals surface area contributed by atoms with Gasteiger partial charge in [0.1, 0.15) is 5.01 Å². The van der Waals surface area contributed by atoms with E-state index < -0.39 is 0 Å². The minimum atomic E-state index is 0.466. The number of thiazole rings is 1. The Morgan fingerprint density at radius 2 is 2.37 bits per heavy atom. The van der Waals surface area contributed by atoms with E-state index in [9.17, 15) is 0 Å². The third-order valence-electron chi connectivity index (χ3n) is 4.14. The zero-order valence-electron chi connectivity index (χ0n) is 12.6. The molecule has 2 rings (SSSR count). The van der Waals surface area contributed by atoms with E-state index in [4.69, 9.17) is 0 Å². The molecule has 4 heteroatoms. The molecule has 0 amide bonds. The number of aryl methyl sites for hydroxylation is 1. The molecule has 1 N–H and O–H groups in total. The van der Waals surface area contributed by atoms with Gasteiger partial charge >= 0.3 is 0 Å². The molecule has 3 nitrogen and oxygen atoms in total. The van der Waals surface area contributed by atoms with Crippen LogP contribution in [-0.2, 0) is 0 Å². The Kier molecular flexibility index (Phi) is 5.37. The van der Waals surface area contributed by atoms with E-state index in [1.54, 1.807) is 11.3 Å². The van der Waals surface area contributed by atoms with Crippen molar-refractivity contribution in [3.05, 3.63) is 16.1 Å². The van der Waals surface area contributed by atoms with Crippen LogP contribution in [0.1, 0.15) is 50.4 Å². The summed E-state index contributed by atoms with van der Waals surface area (Å²) in [4.78, 5) is 7.23. The molecule has 2 heterocycles. The Balaban J connectivity index is 1.90. The molecule has 1 aliphatic heterocycles. The lowest BCUT2D eigenvalue weighted by Gasteiger charge is -2.39. The second kappa shape index (κ2) is 6.82. The van der Waals surface area contributed by atoms with Gasteiger partial charge in [0, 0.05) is 30.2 Å². The molecule has 3 unspecified atom stereocenters. The van der Waals surface area contributed by atoms with Gasteiger partial charge in [-0.15, -0.1) is 11.3 Å².